The number of benzene rings is 4. The first-order chi connectivity index (χ1) is 22.8. The monoisotopic (exact) mass is 819 g/mol. The van der Waals surface area contributed by atoms with Gasteiger partial charge in [0.15, 0.2) is 0 Å². The maximum absolute atomic E-state index is 14.9. The summed E-state index contributed by atoms with van der Waals surface area (Å²) >= 11 is 10.5. The smallest absolute Gasteiger partial charge is 0.254 e. The van der Waals surface area contributed by atoms with Gasteiger partial charge in [0.2, 0.25) is 11.8 Å². The molecule has 0 saturated carbocycles. The zero-order valence-corrected chi connectivity index (χ0v) is 30.7. The van der Waals surface area contributed by atoms with Gasteiger partial charge < -0.3 is 14.7 Å². The molecule has 0 saturated heterocycles. The van der Waals surface area contributed by atoms with E-state index in [2.05, 4.69) is 47.8 Å². The fourth-order valence-corrected chi connectivity index (χ4v) is 6.44. The molecule has 0 bridgehead atoms. The number of nitrogens with zero attached hydrogens (tertiary/aromatic N) is 3. The summed E-state index contributed by atoms with van der Waals surface area (Å²) in [5.74, 6) is -0.305. The molecular formula is C38H36Br3N3O3. The molecule has 0 spiro atoms. The van der Waals surface area contributed by atoms with E-state index in [1.165, 1.54) is 0 Å². The fraction of sp³-hybridized carbons (Fsp3) is 0.237. The highest BCUT2D eigenvalue weighted by Crippen LogP contribution is 2.30. The molecule has 47 heavy (non-hydrogen) atoms. The first-order valence-corrected chi connectivity index (χ1v) is 18.0. The SMILES string of the molecule is O=C1CCCCC(=O)N(CCc2ccc(Br)cc2)C(c2ccccc2)C(=O)N(c2ccc(Br)cc2)C/C=C\CN1c1ccc(Br)cc1. The Morgan fingerprint density at radius 3 is 1.64 bits per heavy atom. The first kappa shape index (κ1) is 34.8. The van der Waals surface area contributed by atoms with Crippen molar-refractivity contribution in [3.63, 3.8) is 0 Å². The molecular weight excluding hydrogens is 786 g/mol. The van der Waals surface area contributed by atoms with Crippen molar-refractivity contribution in [2.45, 2.75) is 38.1 Å². The Labute approximate surface area is 301 Å². The fourth-order valence-electron chi connectivity index (χ4n) is 5.64. The van der Waals surface area contributed by atoms with Crippen molar-refractivity contribution in [1.82, 2.24) is 4.90 Å². The predicted molar refractivity (Wildman–Crippen MR) is 199 cm³/mol. The van der Waals surface area contributed by atoms with Crippen LogP contribution in [0.3, 0.4) is 0 Å². The van der Waals surface area contributed by atoms with Crippen LogP contribution in [0, 0.1) is 0 Å². The number of hydrogen-bond acceptors (Lipinski definition) is 3. The van der Waals surface area contributed by atoms with Crippen LogP contribution in [0.15, 0.2) is 129 Å². The van der Waals surface area contributed by atoms with Crippen molar-refractivity contribution < 1.29 is 14.4 Å². The van der Waals surface area contributed by atoms with Crippen LogP contribution in [-0.4, -0.2) is 42.3 Å². The highest BCUT2D eigenvalue weighted by molar-refractivity contribution is 9.11. The van der Waals surface area contributed by atoms with E-state index in [4.69, 9.17) is 0 Å². The molecule has 1 unspecified atom stereocenters. The number of amides is 3. The molecule has 0 N–H and O–H groups in total. The van der Waals surface area contributed by atoms with Gasteiger partial charge in [0.05, 0.1) is 0 Å². The lowest BCUT2D eigenvalue weighted by atomic mass is 10.0. The van der Waals surface area contributed by atoms with E-state index in [9.17, 15) is 14.4 Å². The lowest BCUT2D eigenvalue weighted by molar-refractivity contribution is -0.140. The second kappa shape index (κ2) is 17.0. The molecule has 3 amide bonds. The van der Waals surface area contributed by atoms with Crippen LogP contribution in [0.25, 0.3) is 0 Å². The Bertz CT molecular complexity index is 1680. The van der Waals surface area contributed by atoms with Crippen LogP contribution in [0.2, 0.25) is 0 Å². The van der Waals surface area contributed by atoms with Crippen molar-refractivity contribution in [2.24, 2.45) is 0 Å². The maximum Gasteiger partial charge on any atom is 0.254 e. The molecule has 1 heterocycles. The average molecular weight is 822 g/mol. The molecule has 4 aromatic rings. The van der Waals surface area contributed by atoms with E-state index < -0.39 is 6.04 Å². The largest absolute Gasteiger partial charge is 0.326 e. The van der Waals surface area contributed by atoms with Gasteiger partial charge in [-0.05, 0) is 91.1 Å². The third-order valence-corrected chi connectivity index (χ3v) is 9.74. The molecule has 6 nitrogen and oxygen atoms in total. The van der Waals surface area contributed by atoms with Crippen LogP contribution in [0.5, 0.6) is 0 Å². The molecule has 1 aliphatic heterocycles. The minimum Gasteiger partial charge on any atom is -0.326 e. The molecule has 9 heteroatoms. The van der Waals surface area contributed by atoms with Crippen LogP contribution in [-0.2, 0) is 20.8 Å². The third-order valence-electron chi connectivity index (χ3n) is 8.15. The van der Waals surface area contributed by atoms with Crippen LogP contribution < -0.4 is 9.80 Å². The molecule has 0 fully saturated rings. The zero-order chi connectivity index (χ0) is 33.2. The molecule has 5 rings (SSSR count). The topological polar surface area (TPSA) is 60.9 Å². The molecule has 1 atom stereocenters. The summed E-state index contributed by atoms with van der Waals surface area (Å²) in [5, 5.41) is 0. The van der Waals surface area contributed by atoms with Crippen molar-refractivity contribution in [3.8, 4) is 0 Å². The number of carbonyl (C=O) groups excluding carboxylic acids is 3. The van der Waals surface area contributed by atoms with Crippen molar-refractivity contribution >= 4 is 76.9 Å². The highest BCUT2D eigenvalue weighted by atomic mass is 79.9. The van der Waals surface area contributed by atoms with Gasteiger partial charge in [0.25, 0.3) is 5.91 Å². The summed E-state index contributed by atoms with van der Waals surface area (Å²) in [6, 6.07) is 32.0. The second-order valence-electron chi connectivity index (χ2n) is 11.4. The Balaban J connectivity index is 1.54. The van der Waals surface area contributed by atoms with Gasteiger partial charge in [-0.1, -0.05) is 102 Å². The van der Waals surface area contributed by atoms with Gasteiger partial charge in [-0.2, -0.15) is 0 Å². The minimum absolute atomic E-state index is 0.00519. The van der Waals surface area contributed by atoms with Gasteiger partial charge in [-0.25, -0.2) is 0 Å². The van der Waals surface area contributed by atoms with E-state index in [0.717, 1.165) is 30.2 Å². The van der Waals surface area contributed by atoms with Crippen LogP contribution >= 0.6 is 47.8 Å². The maximum atomic E-state index is 14.9. The van der Waals surface area contributed by atoms with E-state index >= 15 is 0 Å². The summed E-state index contributed by atoms with van der Waals surface area (Å²) < 4.78 is 2.81. The van der Waals surface area contributed by atoms with E-state index in [1.807, 2.05) is 115 Å². The number of anilines is 2. The summed E-state index contributed by atoms with van der Waals surface area (Å²) in [5.41, 5.74) is 3.35. The van der Waals surface area contributed by atoms with Crippen molar-refractivity contribution in [3.05, 3.63) is 140 Å². The zero-order valence-electron chi connectivity index (χ0n) is 25.9. The summed E-state index contributed by atoms with van der Waals surface area (Å²) in [7, 11) is 0. The van der Waals surface area contributed by atoms with E-state index in [1.54, 1.807) is 14.7 Å². The standard InChI is InChI=1S/C38H36Br3N3O3/c39-30-14-12-28(13-15-30)24-27-44-36(46)11-5-4-10-35(45)42(33-20-16-31(40)17-21-33)25-6-7-26-43(34-22-18-32(41)19-23-34)38(47)37(44)29-8-2-1-3-9-29/h1-3,6-9,12-23,37H,4-5,10-11,24-27H2/b7-6-. The van der Waals surface area contributed by atoms with E-state index in [-0.39, 0.29) is 30.7 Å². The molecule has 0 aromatic heterocycles. The van der Waals surface area contributed by atoms with Gasteiger partial charge in [0, 0.05) is 57.3 Å². The van der Waals surface area contributed by atoms with Gasteiger partial charge in [-0.15, -0.1) is 0 Å². The lowest BCUT2D eigenvalue weighted by Crippen LogP contribution is -2.46. The average Bonchev–Trinajstić information content (AvgIpc) is 3.08. The molecule has 0 aliphatic carbocycles. The Morgan fingerprint density at radius 1 is 0.574 bits per heavy atom. The van der Waals surface area contributed by atoms with Gasteiger partial charge >= 0.3 is 0 Å². The summed E-state index contributed by atoms with van der Waals surface area (Å²) in [6.07, 6.45) is 6.11. The third kappa shape index (κ3) is 9.52. The number of hydrogen-bond donors (Lipinski definition) is 0. The van der Waals surface area contributed by atoms with Crippen molar-refractivity contribution in [2.75, 3.05) is 29.4 Å². The summed E-state index contributed by atoms with van der Waals surface area (Å²) in [4.78, 5) is 47.7. The quantitative estimate of drug-likeness (QED) is 0.182. The van der Waals surface area contributed by atoms with Crippen LogP contribution in [0.4, 0.5) is 11.4 Å². The second-order valence-corrected chi connectivity index (χ2v) is 14.1. The molecule has 1 aliphatic rings. The predicted octanol–water partition coefficient (Wildman–Crippen LogP) is 9.28. The molecule has 4 aromatic carbocycles. The molecule has 242 valence electrons. The highest BCUT2D eigenvalue weighted by Gasteiger charge is 2.34. The number of halogens is 3. The van der Waals surface area contributed by atoms with Crippen LogP contribution in [0.1, 0.15) is 42.9 Å². The van der Waals surface area contributed by atoms with E-state index in [0.29, 0.717) is 44.5 Å². The Hall–Kier alpha value is -3.53. The molecule has 0 radical (unpaired) electrons. The normalized spacial score (nSPS) is 17.7. The number of carbonyl (C=O) groups is 3. The lowest BCUT2D eigenvalue weighted by Gasteiger charge is -2.35. The first-order valence-electron chi connectivity index (χ1n) is 15.7. The summed E-state index contributed by atoms with van der Waals surface area (Å²) in [6.45, 7) is 0.996. The Morgan fingerprint density at radius 2 is 1.06 bits per heavy atom. The van der Waals surface area contributed by atoms with Crippen molar-refractivity contribution in [1.29, 1.82) is 0 Å². The van der Waals surface area contributed by atoms with Gasteiger partial charge in [-0.3, -0.25) is 14.4 Å². The number of rotatable bonds is 6. The Kier molecular flexibility index (Phi) is 12.6. The minimum atomic E-state index is -0.831. The van der Waals surface area contributed by atoms with Gasteiger partial charge in [0.1, 0.15) is 6.04 Å².